The first-order valence-corrected chi connectivity index (χ1v) is 6.63. The van der Waals surface area contributed by atoms with Gasteiger partial charge in [0.25, 0.3) is 0 Å². The molecular formula is C14H17NOS. The van der Waals surface area contributed by atoms with Gasteiger partial charge in [0.15, 0.2) is 0 Å². The van der Waals surface area contributed by atoms with Gasteiger partial charge in [0, 0.05) is 10.9 Å². The third kappa shape index (κ3) is 2.34. The number of aromatic nitrogens is 1. The predicted molar refractivity (Wildman–Crippen MR) is 73.0 cm³/mol. The highest BCUT2D eigenvalue weighted by atomic mass is 32.1. The van der Waals surface area contributed by atoms with Crippen molar-refractivity contribution >= 4 is 11.3 Å². The maximum Gasteiger partial charge on any atom is 0.131 e. The van der Waals surface area contributed by atoms with E-state index in [1.54, 1.807) is 18.4 Å². The molecule has 1 heterocycles. The molecule has 0 unspecified atom stereocenters. The van der Waals surface area contributed by atoms with E-state index in [4.69, 9.17) is 4.74 Å². The largest absolute Gasteiger partial charge is 0.496 e. The summed E-state index contributed by atoms with van der Waals surface area (Å²) in [4.78, 5) is 4.63. The van der Waals surface area contributed by atoms with E-state index in [0.29, 0.717) is 0 Å². The van der Waals surface area contributed by atoms with E-state index in [-0.39, 0.29) is 0 Å². The van der Waals surface area contributed by atoms with Crippen LogP contribution in [0, 0.1) is 13.8 Å². The molecule has 0 N–H and O–H groups in total. The zero-order valence-corrected chi connectivity index (χ0v) is 11.5. The van der Waals surface area contributed by atoms with Crippen LogP contribution in [-0.4, -0.2) is 12.1 Å². The Balaban J connectivity index is 2.57. The third-order valence-electron chi connectivity index (χ3n) is 2.75. The van der Waals surface area contributed by atoms with E-state index >= 15 is 0 Å². The Morgan fingerprint density at radius 1 is 1.29 bits per heavy atom. The first-order valence-electron chi connectivity index (χ1n) is 5.75. The second-order valence-corrected chi connectivity index (χ2v) is 5.09. The summed E-state index contributed by atoms with van der Waals surface area (Å²) in [6.07, 6.45) is 0.984. The number of hydrogen-bond donors (Lipinski definition) is 0. The smallest absolute Gasteiger partial charge is 0.131 e. The molecule has 0 aliphatic rings. The molecule has 0 bridgehead atoms. The van der Waals surface area contributed by atoms with Gasteiger partial charge >= 0.3 is 0 Å². The van der Waals surface area contributed by atoms with Crippen LogP contribution < -0.4 is 4.74 Å². The lowest BCUT2D eigenvalue weighted by Crippen LogP contribution is -1.93. The van der Waals surface area contributed by atoms with Gasteiger partial charge in [0.2, 0.25) is 0 Å². The van der Waals surface area contributed by atoms with Gasteiger partial charge in [-0.1, -0.05) is 13.0 Å². The van der Waals surface area contributed by atoms with Gasteiger partial charge in [0.05, 0.1) is 17.8 Å². The summed E-state index contributed by atoms with van der Waals surface area (Å²) < 4.78 is 5.49. The molecule has 1 aromatic carbocycles. The van der Waals surface area contributed by atoms with Crippen molar-refractivity contribution in [1.82, 2.24) is 4.98 Å². The molecule has 0 atom stereocenters. The van der Waals surface area contributed by atoms with Gasteiger partial charge in [-0.15, -0.1) is 11.3 Å². The van der Waals surface area contributed by atoms with Crippen LogP contribution >= 0.6 is 11.3 Å². The number of rotatable bonds is 3. The molecule has 3 heteroatoms. The average molecular weight is 247 g/mol. The van der Waals surface area contributed by atoms with Crippen LogP contribution in [-0.2, 0) is 6.42 Å². The molecule has 0 saturated carbocycles. The van der Waals surface area contributed by atoms with Gasteiger partial charge in [-0.05, 0) is 37.5 Å². The third-order valence-corrected chi connectivity index (χ3v) is 3.75. The van der Waals surface area contributed by atoms with Crippen LogP contribution in [0.2, 0.25) is 0 Å². The number of aryl methyl sites for hydroxylation is 3. The summed E-state index contributed by atoms with van der Waals surface area (Å²) in [6.45, 7) is 6.30. The first-order chi connectivity index (χ1) is 8.15. The summed E-state index contributed by atoms with van der Waals surface area (Å²) >= 11 is 1.71. The normalized spacial score (nSPS) is 10.6. The molecule has 17 heavy (non-hydrogen) atoms. The lowest BCUT2D eigenvalue weighted by atomic mass is 10.0. The lowest BCUT2D eigenvalue weighted by molar-refractivity contribution is 0.413. The highest BCUT2D eigenvalue weighted by Gasteiger charge is 2.12. The predicted octanol–water partition coefficient (Wildman–Crippen LogP) is 4.00. The van der Waals surface area contributed by atoms with Gasteiger partial charge in [0.1, 0.15) is 5.75 Å². The Hall–Kier alpha value is -1.35. The van der Waals surface area contributed by atoms with Gasteiger partial charge < -0.3 is 4.74 Å². The van der Waals surface area contributed by atoms with Crippen molar-refractivity contribution in [2.75, 3.05) is 7.11 Å². The maximum absolute atomic E-state index is 5.49. The van der Waals surface area contributed by atoms with Crippen LogP contribution in [0.1, 0.15) is 23.1 Å². The van der Waals surface area contributed by atoms with Crippen molar-refractivity contribution < 1.29 is 4.74 Å². The Kier molecular flexibility index (Phi) is 3.48. The Labute approximate surface area is 106 Å². The van der Waals surface area contributed by atoms with Gasteiger partial charge in [-0.2, -0.15) is 0 Å². The molecule has 0 aliphatic heterocycles. The molecule has 1 aromatic heterocycles. The number of nitrogens with zero attached hydrogens (tertiary/aromatic N) is 1. The van der Waals surface area contributed by atoms with Crippen LogP contribution in [0.3, 0.4) is 0 Å². The maximum atomic E-state index is 5.49. The summed E-state index contributed by atoms with van der Waals surface area (Å²) in [5, 5.41) is 3.27. The van der Waals surface area contributed by atoms with E-state index in [1.165, 1.54) is 10.6 Å². The first kappa shape index (κ1) is 12.1. The SMILES string of the molecule is CCc1nc(-c2cc(C)cc(C)c2OC)cs1. The molecule has 0 fully saturated rings. The van der Waals surface area contributed by atoms with E-state index in [1.807, 2.05) is 0 Å². The summed E-state index contributed by atoms with van der Waals surface area (Å²) in [6, 6.07) is 4.27. The fraction of sp³-hybridized carbons (Fsp3) is 0.357. The molecule has 2 nitrogen and oxygen atoms in total. The topological polar surface area (TPSA) is 22.1 Å². The van der Waals surface area contributed by atoms with Crippen LogP contribution in [0.5, 0.6) is 5.75 Å². The van der Waals surface area contributed by atoms with Gasteiger partial charge in [-0.25, -0.2) is 4.98 Å². The van der Waals surface area contributed by atoms with Crippen molar-refractivity contribution in [2.24, 2.45) is 0 Å². The summed E-state index contributed by atoms with van der Waals surface area (Å²) in [5.41, 5.74) is 4.52. The molecule has 0 spiro atoms. The van der Waals surface area contributed by atoms with Crippen LogP contribution in [0.25, 0.3) is 11.3 Å². The van der Waals surface area contributed by atoms with Crippen molar-refractivity contribution in [2.45, 2.75) is 27.2 Å². The minimum absolute atomic E-state index is 0.934. The highest BCUT2D eigenvalue weighted by Crippen LogP contribution is 2.34. The van der Waals surface area contributed by atoms with Crippen molar-refractivity contribution in [3.05, 3.63) is 33.6 Å². The van der Waals surface area contributed by atoms with E-state index in [0.717, 1.165) is 29.0 Å². The second-order valence-electron chi connectivity index (χ2n) is 4.14. The van der Waals surface area contributed by atoms with Crippen molar-refractivity contribution in [3.8, 4) is 17.0 Å². The summed E-state index contributed by atoms with van der Waals surface area (Å²) in [5.74, 6) is 0.934. The monoisotopic (exact) mass is 247 g/mol. The number of thiazole rings is 1. The lowest BCUT2D eigenvalue weighted by Gasteiger charge is -2.11. The van der Waals surface area contributed by atoms with Crippen molar-refractivity contribution in [3.63, 3.8) is 0 Å². The molecule has 0 amide bonds. The molecule has 0 saturated heterocycles. The van der Waals surface area contributed by atoms with Crippen LogP contribution in [0.4, 0.5) is 0 Å². The molecule has 2 aromatic rings. The number of hydrogen-bond acceptors (Lipinski definition) is 3. The molecule has 90 valence electrons. The minimum atomic E-state index is 0.934. The molecule has 0 radical (unpaired) electrons. The molecule has 2 rings (SSSR count). The Morgan fingerprint density at radius 3 is 2.65 bits per heavy atom. The van der Waals surface area contributed by atoms with Crippen molar-refractivity contribution in [1.29, 1.82) is 0 Å². The number of ether oxygens (including phenoxy) is 1. The number of benzene rings is 1. The number of methoxy groups -OCH3 is 1. The Morgan fingerprint density at radius 2 is 2.06 bits per heavy atom. The highest BCUT2D eigenvalue weighted by molar-refractivity contribution is 7.09. The minimum Gasteiger partial charge on any atom is -0.496 e. The fourth-order valence-electron chi connectivity index (χ4n) is 2.01. The molecular weight excluding hydrogens is 230 g/mol. The standard InChI is InChI=1S/C14H17NOS/c1-5-13-15-12(8-17-13)11-7-9(2)6-10(3)14(11)16-4/h6-8H,5H2,1-4H3. The zero-order chi connectivity index (χ0) is 12.4. The molecule has 0 aliphatic carbocycles. The second kappa shape index (κ2) is 4.88. The average Bonchev–Trinajstić information content (AvgIpc) is 2.76. The zero-order valence-electron chi connectivity index (χ0n) is 10.7. The van der Waals surface area contributed by atoms with Gasteiger partial charge in [-0.3, -0.25) is 0 Å². The van der Waals surface area contributed by atoms with Crippen LogP contribution in [0.15, 0.2) is 17.5 Å². The fourth-order valence-corrected chi connectivity index (χ4v) is 2.76. The quantitative estimate of drug-likeness (QED) is 0.818. The Bertz CT molecular complexity index is 531. The van der Waals surface area contributed by atoms with E-state index < -0.39 is 0 Å². The summed E-state index contributed by atoms with van der Waals surface area (Å²) in [7, 11) is 1.72. The van der Waals surface area contributed by atoms with E-state index in [9.17, 15) is 0 Å². The van der Waals surface area contributed by atoms with E-state index in [2.05, 4.69) is 43.3 Å².